The van der Waals surface area contributed by atoms with Gasteiger partial charge in [-0.05, 0) is 88.0 Å². The average Bonchev–Trinajstić information content (AvgIpc) is 3.57. The number of nitrogens with two attached hydrogens (primary N) is 2. The highest BCUT2D eigenvalue weighted by Crippen LogP contribution is 2.45. The van der Waals surface area contributed by atoms with Crippen LogP contribution in [0.1, 0.15) is 89.4 Å². The van der Waals surface area contributed by atoms with Crippen molar-refractivity contribution in [3.8, 4) is 11.8 Å². The number of aryl methyl sites for hydroxylation is 1. The molecule has 0 spiro atoms. The van der Waals surface area contributed by atoms with Crippen molar-refractivity contribution in [2.45, 2.75) is 73.6 Å². The molecular formula is C27H37N5. The van der Waals surface area contributed by atoms with Gasteiger partial charge >= 0.3 is 0 Å². The molecule has 1 aromatic heterocycles. The van der Waals surface area contributed by atoms with Crippen LogP contribution in [0, 0.1) is 36.0 Å². The molecule has 1 fully saturated rings. The zero-order valence-electron chi connectivity index (χ0n) is 20.6. The second-order valence-electron chi connectivity index (χ2n) is 9.97. The molecule has 5 heteroatoms. The lowest BCUT2D eigenvalue weighted by molar-refractivity contribution is 0.425. The van der Waals surface area contributed by atoms with E-state index < -0.39 is 0 Å². The molecule has 1 aliphatic carbocycles. The van der Waals surface area contributed by atoms with Crippen molar-refractivity contribution >= 4 is 22.9 Å². The first-order valence-corrected chi connectivity index (χ1v) is 11.6. The third-order valence-corrected chi connectivity index (χ3v) is 6.72. The van der Waals surface area contributed by atoms with Crippen LogP contribution in [0.15, 0.2) is 23.2 Å². The largest absolute Gasteiger partial charge is 0.399 e. The number of anilines is 2. The SMILES string of the molecule is CCC(C)(C)C#Cc1nc(N)c(N=C(C)c2cc(C)cc(N)c2)c(C(C)C(C)C2CC2)n1. The molecule has 3 rings (SSSR count). The smallest absolute Gasteiger partial charge is 0.207 e. The zero-order valence-corrected chi connectivity index (χ0v) is 20.6. The molecule has 1 aromatic carbocycles. The Kier molecular flexibility index (Phi) is 6.93. The zero-order chi connectivity index (χ0) is 23.6. The van der Waals surface area contributed by atoms with Gasteiger partial charge < -0.3 is 11.5 Å². The molecule has 170 valence electrons. The maximum absolute atomic E-state index is 6.46. The molecule has 2 unspecified atom stereocenters. The Balaban J connectivity index is 2.11. The monoisotopic (exact) mass is 431 g/mol. The van der Waals surface area contributed by atoms with Crippen molar-refractivity contribution in [2.24, 2.45) is 22.2 Å². The lowest BCUT2D eigenvalue weighted by Gasteiger charge is -2.21. The van der Waals surface area contributed by atoms with Crippen molar-refractivity contribution < 1.29 is 0 Å². The number of nitrogen functional groups attached to an aromatic ring is 2. The van der Waals surface area contributed by atoms with E-state index in [1.807, 2.05) is 26.0 Å². The summed E-state index contributed by atoms with van der Waals surface area (Å²) in [4.78, 5) is 14.3. The van der Waals surface area contributed by atoms with Gasteiger partial charge in [0.25, 0.3) is 0 Å². The molecule has 2 atom stereocenters. The number of aromatic nitrogens is 2. The average molecular weight is 432 g/mol. The molecule has 0 saturated heterocycles. The topological polar surface area (TPSA) is 90.2 Å². The molecule has 4 N–H and O–H groups in total. The fourth-order valence-corrected chi connectivity index (χ4v) is 3.82. The van der Waals surface area contributed by atoms with E-state index in [9.17, 15) is 0 Å². The van der Waals surface area contributed by atoms with Crippen LogP contribution in [0.25, 0.3) is 0 Å². The Morgan fingerprint density at radius 1 is 1.19 bits per heavy atom. The number of hydrogen-bond acceptors (Lipinski definition) is 5. The Morgan fingerprint density at radius 2 is 1.88 bits per heavy atom. The highest BCUT2D eigenvalue weighted by molar-refractivity contribution is 6.01. The summed E-state index contributed by atoms with van der Waals surface area (Å²) in [5.41, 5.74) is 17.6. The van der Waals surface area contributed by atoms with Crippen molar-refractivity contribution in [1.29, 1.82) is 0 Å². The second-order valence-corrected chi connectivity index (χ2v) is 9.97. The summed E-state index contributed by atoms with van der Waals surface area (Å²) in [6.07, 6.45) is 3.52. The predicted octanol–water partition coefficient (Wildman–Crippen LogP) is 6.03. The first-order chi connectivity index (χ1) is 15.0. The van der Waals surface area contributed by atoms with Crippen LogP contribution >= 0.6 is 0 Å². The van der Waals surface area contributed by atoms with Gasteiger partial charge in [0, 0.05) is 22.7 Å². The van der Waals surface area contributed by atoms with Crippen molar-refractivity contribution in [2.75, 3.05) is 11.5 Å². The van der Waals surface area contributed by atoms with Gasteiger partial charge in [-0.25, -0.2) is 15.0 Å². The van der Waals surface area contributed by atoms with Gasteiger partial charge in [-0.3, -0.25) is 0 Å². The molecule has 5 nitrogen and oxygen atoms in total. The summed E-state index contributed by atoms with van der Waals surface area (Å²) in [6, 6.07) is 5.96. The summed E-state index contributed by atoms with van der Waals surface area (Å²) in [5.74, 6) is 8.77. The fraction of sp³-hybridized carbons (Fsp3) is 0.519. The molecule has 1 saturated carbocycles. The number of rotatable bonds is 6. The molecule has 0 aliphatic heterocycles. The van der Waals surface area contributed by atoms with E-state index in [0.29, 0.717) is 23.2 Å². The Labute approximate surface area is 193 Å². The van der Waals surface area contributed by atoms with Crippen LogP contribution in [0.5, 0.6) is 0 Å². The molecule has 0 bridgehead atoms. The van der Waals surface area contributed by atoms with Crippen LogP contribution in [-0.2, 0) is 0 Å². The Morgan fingerprint density at radius 3 is 2.47 bits per heavy atom. The van der Waals surface area contributed by atoms with Crippen LogP contribution in [0.2, 0.25) is 0 Å². The minimum atomic E-state index is -0.0935. The summed E-state index contributed by atoms with van der Waals surface area (Å²) < 4.78 is 0. The third kappa shape index (κ3) is 5.68. The van der Waals surface area contributed by atoms with Gasteiger partial charge in [0.15, 0.2) is 5.82 Å². The first-order valence-electron chi connectivity index (χ1n) is 11.6. The van der Waals surface area contributed by atoms with E-state index in [4.69, 9.17) is 21.4 Å². The van der Waals surface area contributed by atoms with Crippen molar-refractivity contribution in [3.63, 3.8) is 0 Å². The number of aliphatic imine (C=N–C) groups is 1. The van der Waals surface area contributed by atoms with E-state index in [0.717, 1.165) is 40.6 Å². The van der Waals surface area contributed by atoms with Gasteiger partial charge in [-0.1, -0.05) is 32.8 Å². The van der Waals surface area contributed by atoms with Crippen LogP contribution in [-0.4, -0.2) is 15.7 Å². The third-order valence-electron chi connectivity index (χ3n) is 6.72. The lowest BCUT2D eigenvalue weighted by atomic mass is 9.87. The van der Waals surface area contributed by atoms with E-state index in [1.165, 1.54) is 12.8 Å². The predicted molar refractivity (Wildman–Crippen MR) is 135 cm³/mol. The lowest BCUT2D eigenvalue weighted by Crippen LogP contribution is -2.14. The van der Waals surface area contributed by atoms with E-state index in [-0.39, 0.29) is 11.3 Å². The summed E-state index contributed by atoms with van der Waals surface area (Å²) in [7, 11) is 0. The molecule has 0 amide bonds. The van der Waals surface area contributed by atoms with E-state index in [2.05, 4.69) is 57.5 Å². The minimum absolute atomic E-state index is 0.0935. The van der Waals surface area contributed by atoms with Crippen LogP contribution < -0.4 is 11.5 Å². The quantitative estimate of drug-likeness (QED) is 0.332. The van der Waals surface area contributed by atoms with Gasteiger partial charge in [0.1, 0.15) is 5.69 Å². The highest BCUT2D eigenvalue weighted by atomic mass is 15.0. The number of benzene rings is 1. The maximum Gasteiger partial charge on any atom is 0.207 e. The number of nitrogens with zero attached hydrogens (tertiary/aromatic N) is 3. The van der Waals surface area contributed by atoms with Gasteiger partial charge in [0.2, 0.25) is 5.82 Å². The fourth-order valence-electron chi connectivity index (χ4n) is 3.82. The first kappa shape index (κ1) is 23.8. The van der Waals surface area contributed by atoms with E-state index in [1.54, 1.807) is 0 Å². The van der Waals surface area contributed by atoms with Crippen molar-refractivity contribution in [3.05, 3.63) is 40.8 Å². The summed E-state index contributed by atoms with van der Waals surface area (Å²) in [6.45, 7) is 14.9. The molecular weight excluding hydrogens is 394 g/mol. The van der Waals surface area contributed by atoms with Crippen molar-refractivity contribution in [1.82, 2.24) is 9.97 Å². The highest BCUT2D eigenvalue weighted by Gasteiger charge is 2.34. The number of hydrogen-bond donors (Lipinski definition) is 2. The maximum atomic E-state index is 6.46. The molecule has 0 radical (unpaired) electrons. The van der Waals surface area contributed by atoms with Gasteiger partial charge in [-0.15, -0.1) is 0 Å². The van der Waals surface area contributed by atoms with Crippen LogP contribution in [0.4, 0.5) is 17.2 Å². The summed E-state index contributed by atoms with van der Waals surface area (Å²) >= 11 is 0. The minimum Gasteiger partial charge on any atom is -0.399 e. The second kappa shape index (κ2) is 9.32. The normalized spacial score (nSPS) is 16.3. The van der Waals surface area contributed by atoms with Gasteiger partial charge in [-0.2, -0.15) is 0 Å². The standard InChI is InChI=1S/C27H37N5/c1-8-27(6,7)12-11-23-31-24(18(4)17(3)20-9-10-20)25(26(29)32-23)30-19(5)21-13-16(2)14-22(28)15-21/h13-15,17-18,20H,8-10,28H2,1-7H3,(H2,29,31,32). The molecule has 1 heterocycles. The van der Waals surface area contributed by atoms with E-state index >= 15 is 0 Å². The molecule has 32 heavy (non-hydrogen) atoms. The van der Waals surface area contributed by atoms with Gasteiger partial charge in [0.05, 0.1) is 5.69 Å². The Bertz CT molecular complexity index is 1060. The Hall–Kier alpha value is -2.87. The molecule has 1 aliphatic rings. The summed E-state index contributed by atoms with van der Waals surface area (Å²) in [5, 5.41) is 0. The molecule has 2 aromatic rings. The van der Waals surface area contributed by atoms with Crippen LogP contribution in [0.3, 0.4) is 0 Å².